The molecule has 2 aliphatic heterocycles. The molecular weight excluding hydrogens is 726 g/mol. The van der Waals surface area contributed by atoms with Crippen molar-refractivity contribution in [1.82, 2.24) is 35.2 Å². The molecule has 14 nitrogen and oxygen atoms in total. The fourth-order valence-corrected chi connectivity index (χ4v) is 8.99. The highest BCUT2D eigenvalue weighted by molar-refractivity contribution is 7.91. The molecular formula is C36H42FN7O7S2. The predicted molar refractivity (Wildman–Crippen MR) is 193 cm³/mol. The first-order valence-corrected chi connectivity index (χ1v) is 20.2. The third-order valence-corrected chi connectivity index (χ3v) is 13.7. The van der Waals surface area contributed by atoms with E-state index in [4.69, 9.17) is 4.74 Å². The Morgan fingerprint density at radius 2 is 1.92 bits per heavy atom. The lowest BCUT2D eigenvalue weighted by molar-refractivity contribution is -0.141. The molecule has 2 aromatic heterocycles. The minimum absolute atomic E-state index is 0.00533. The highest BCUT2D eigenvalue weighted by Gasteiger charge is 2.63. The number of hydrogen-bond acceptors (Lipinski definition) is 11. The van der Waals surface area contributed by atoms with Crippen LogP contribution in [0.4, 0.5) is 4.39 Å². The van der Waals surface area contributed by atoms with E-state index in [2.05, 4.69) is 30.3 Å². The molecule has 7 rings (SSSR count). The van der Waals surface area contributed by atoms with Gasteiger partial charge in [-0.05, 0) is 71.4 Å². The normalized spacial score (nSPS) is 27.1. The van der Waals surface area contributed by atoms with E-state index in [9.17, 15) is 32.0 Å². The molecule has 0 bridgehead atoms. The smallest absolute Gasteiger partial charge is 0.280 e. The molecule has 3 aromatic rings. The Bertz CT molecular complexity index is 2120. The third kappa shape index (κ3) is 7.37. The molecule has 4 amide bonds. The van der Waals surface area contributed by atoms with E-state index in [0.717, 1.165) is 17.7 Å². The number of aryl methyl sites for hydroxylation is 2. The first-order chi connectivity index (χ1) is 25.2. The average molecular weight is 768 g/mol. The number of rotatable bonds is 7. The quantitative estimate of drug-likeness (QED) is 0.301. The summed E-state index contributed by atoms with van der Waals surface area (Å²) in [5, 5.41) is 5.89. The van der Waals surface area contributed by atoms with Gasteiger partial charge < -0.3 is 20.3 Å². The highest BCUT2D eigenvalue weighted by Crippen LogP contribution is 2.47. The number of aromatic nitrogens is 3. The molecule has 2 saturated carbocycles. The zero-order valence-corrected chi connectivity index (χ0v) is 31.3. The van der Waals surface area contributed by atoms with Crippen molar-refractivity contribution in [3.05, 3.63) is 57.9 Å². The molecule has 4 heterocycles. The number of nitrogens with zero attached hydrogens (tertiary/aromatic N) is 4. The second-order valence-electron chi connectivity index (χ2n) is 14.7. The van der Waals surface area contributed by atoms with Crippen molar-refractivity contribution < 1.29 is 36.7 Å². The molecule has 3 N–H and O–H groups in total. The highest BCUT2D eigenvalue weighted by atomic mass is 32.2. The number of carbonyl (C=O) groups is 4. The second-order valence-corrected chi connectivity index (χ2v) is 18.2. The van der Waals surface area contributed by atoms with Crippen LogP contribution in [0.5, 0.6) is 5.88 Å². The Balaban J connectivity index is 1.20. The van der Waals surface area contributed by atoms with E-state index in [1.165, 1.54) is 28.4 Å². The molecule has 17 heteroatoms. The van der Waals surface area contributed by atoms with Gasteiger partial charge in [-0.25, -0.2) is 27.8 Å². The van der Waals surface area contributed by atoms with Crippen LogP contribution in [0.2, 0.25) is 0 Å². The van der Waals surface area contributed by atoms with Crippen molar-refractivity contribution in [2.75, 3.05) is 6.54 Å². The molecule has 282 valence electrons. The first-order valence-electron chi connectivity index (χ1n) is 17.9. The maximum atomic E-state index is 14.7. The SMILES string of the molecule is Cc1cnc(C(=O)N[C@H]2CCCCCC=C[C@@H]3C[C@@]3(C(=O)NS(=O)(=O)C3(C)CC3)NC(=O)[C@@H]3C[C@@H](Oc4nc5c(F)cccc5nc4C)CN3C2=O)s1. The van der Waals surface area contributed by atoms with Crippen LogP contribution >= 0.6 is 11.3 Å². The summed E-state index contributed by atoms with van der Waals surface area (Å²) in [5.41, 5.74) is -0.827. The van der Waals surface area contributed by atoms with E-state index in [1.54, 1.807) is 26.1 Å². The van der Waals surface area contributed by atoms with Gasteiger partial charge in [0, 0.05) is 23.4 Å². The van der Waals surface area contributed by atoms with Crippen molar-refractivity contribution in [3.8, 4) is 5.88 Å². The van der Waals surface area contributed by atoms with Gasteiger partial charge >= 0.3 is 0 Å². The summed E-state index contributed by atoms with van der Waals surface area (Å²) in [5.74, 6) is -3.54. The van der Waals surface area contributed by atoms with Crippen LogP contribution in [0, 0.1) is 25.6 Å². The lowest BCUT2D eigenvalue weighted by Gasteiger charge is -2.30. The summed E-state index contributed by atoms with van der Waals surface area (Å²) < 4.78 is 48.3. The number of para-hydroxylation sites is 1. The number of allylic oxidation sites excluding steroid dienone is 1. The number of carbonyl (C=O) groups excluding carboxylic acids is 4. The summed E-state index contributed by atoms with van der Waals surface area (Å²) in [6.07, 6.45) is 8.64. The number of benzene rings is 1. The molecule has 3 fully saturated rings. The standard InChI is InChI=1S/C36H42FN7O7S2/c1-20-18-38-32(52-20)30(46)40-26-12-8-6-4-5-7-10-22-17-36(22,34(48)43-53(49,50)35(3)14-15-35)42-29(45)27-16-23(19-44(27)33(26)47)51-31-21(2)39-25-13-9-11-24(37)28(25)41-31/h7,9-11,13,18,22-23,26-27H,4-6,8,12,14-17,19H2,1-3H3,(H,40,46)(H,42,45)(H,43,48)/t22-,23-,26+,27+,36-/m1/s1. The van der Waals surface area contributed by atoms with Gasteiger partial charge in [-0.2, -0.15) is 0 Å². The monoisotopic (exact) mass is 767 g/mol. The fraction of sp³-hybridized carbons (Fsp3) is 0.528. The number of halogens is 1. The number of amides is 4. The number of fused-ring (bicyclic) bond motifs is 3. The van der Waals surface area contributed by atoms with Gasteiger partial charge in [-0.1, -0.05) is 31.1 Å². The lowest BCUT2D eigenvalue weighted by Crippen LogP contribution is -2.58. The molecule has 0 spiro atoms. The zero-order valence-electron chi connectivity index (χ0n) is 29.7. The van der Waals surface area contributed by atoms with E-state index >= 15 is 0 Å². The molecule has 5 atom stereocenters. The van der Waals surface area contributed by atoms with Gasteiger partial charge in [0.1, 0.15) is 34.9 Å². The lowest BCUT2D eigenvalue weighted by atomic mass is 10.0. The summed E-state index contributed by atoms with van der Waals surface area (Å²) >= 11 is 1.20. The molecule has 0 radical (unpaired) electrons. The van der Waals surface area contributed by atoms with Gasteiger partial charge in [-0.3, -0.25) is 23.9 Å². The maximum absolute atomic E-state index is 14.7. The third-order valence-electron chi connectivity index (χ3n) is 10.7. The minimum atomic E-state index is -4.01. The van der Waals surface area contributed by atoms with Crippen molar-refractivity contribution >= 4 is 56.0 Å². The summed E-state index contributed by atoms with van der Waals surface area (Å²) in [6, 6.07) is 2.24. The topological polar surface area (TPSA) is 190 Å². The average Bonchev–Trinajstić information content (AvgIpc) is 3.91. The number of sulfonamides is 1. The molecule has 1 saturated heterocycles. The van der Waals surface area contributed by atoms with Crippen molar-refractivity contribution in [2.24, 2.45) is 5.92 Å². The molecule has 53 heavy (non-hydrogen) atoms. The Morgan fingerprint density at radius 1 is 1.13 bits per heavy atom. The van der Waals surface area contributed by atoms with Crippen molar-refractivity contribution in [1.29, 1.82) is 0 Å². The van der Waals surface area contributed by atoms with Gasteiger partial charge in [0.05, 0.1) is 16.8 Å². The van der Waals surface area contributed by atoms with Crippen LogP contribution in [0.25, 0.3) is 11.0 Å². The molecule has 2 aliphatic carbocycles. The van der Waals surface area contributed by atoms with Crippen LogP contribution in [0.3, 0.4) is 0 Å². The Morgan fingerprint density at radius 3 is 2.66 bits per heavy atom. The summed E-state index contributed by atoms with van der Waals surface area (Å²) in [4.78, 5) is 71.1. The van der Waals surface area contributed by atoms with E-state index in [0.29, 0.717) is 43.3 Å². The number of thiazole rings is 1. The van der Waals surface area contributed by atoms with Crippen LogP contribution < -0.4 is 20.1 Å². The number of ether oxygens (including phenoxy) is 1. The van der Waals surface area contributed by atoms with Gasteiger partial charge in [0.2, 0.25) is 27.7 Å². The maximum Gasteiger partial charge on any atom is 0.280 e. The Kier molecular flexibility index (Phi) is 9.76. The van der Waals surface area contributed by atoms with E-state index < -0.39 is 73.9 Å². The van der Waals surface area contributed by atoms with Crippen LogP contribution in [-0.4, -0.2) is 86.9 Å². The predicted octanol–water partition coefficient (Wildman–Crippen LogP) is 3.38. The summed E-state index contributed by atoms with van der Waals surface area (Å²) in [7, 11) is -4.01. The zero-order chi connectivity index (χ0) is 37.7. The summed E-state index contributed by atoms with van der Waals surface area (Å²) in [6.45, 7) is 4.96. The minimum Gasteiger partial charge on any atom is -0.471 e. The number of hydrogen-bond donors (Lipinski definition) is 3. The Labute approximate surface area is 310 Å². The molecule has 4 aliphatic rings. The Hall–Kier alpha value is -4.51. The van der Waals surface area contributed by atoms with Crippen LogP contribution in [0.15, 0.2) is 36.5 Å². The number of nitrogens with one attached hydrogen (secondary N) is 3. The van der Waals surface area contributed by atoms with E-state index in [1.807, 2.05) is 19.1 Å². The van der Waals surface area contributed by atoms with Crippen molar-refractivity contribution in [2.45, 2.75) is 107 Å². The van der Waals surface area contributed by atoms with Gasteiger partial charge in [0.15, 0.2) is 10.8 Å². The van der Waals surface area contributed by atoms with Crippen LogP contribution in [0.1, 0.15) is 85.1 Å². The molecule has 1 aromatic carbocycles. The fourth-order valence-electron chi connectivity index (χ4n) is 7.01. The van der Waals surface area contributed by atoms with E-state index in [-0.39, 0.29) is 35.8 Å². The van der Waals surface area contributed by atoms with Crippen LogP contribution in [-0.2, 0) is 24.4 Å². The van der Waals surface area contributed by atoms with Crippen molar-refractivity contribution in [3.63, 3.8) is 0 Å². The largest absolute Gasteiger partial charge is 0.471 e. The molecule has 0 unspecified atom stereocenters. The first kappa shape index (κ1) is 36.8. The van der Waals surface area contributed by atoms with Gasteiger partial charge in [-0.15, -0.1) is 11.3 Å². The second kappa shape index (κ2) is 14.0. The van der Waals surface area contributed by atoms with Gasteiger partial charge in [0.25, 0.3) is 11.8 Å².